The number of rotatable bonds is 3. The average molecular weight is 425 g/mol. The molecular weight excluding hydrogens is 398 g/mol. The van der Waals surface area contributed by atoms with Crippen LogP contribution >= 0.6 is 0 Å². The lowest BCUT2D eigenvalue weighted by Crippen LogP contribution is -3.00. The summed E-state index contributed by atoms with van der Waals surface area (Å²) in [6, 6.07) is 44.1. The summed E-state index contributed by atoms with van der Waals surface area (Å²) in [5.41, 5.74) is 9.15. The number of fused-ring (bicyclic) bond motifs is 3. The third-order valence-corrected chi connectivity index (χ3v) is 6.74. The van der Waals surface area contributed by atoms with Crippen molar-refractivity contribution in [2.75, 3.05) is 0 Å². The normalized spacial score (nSPS) is 17.4. The molecular formula is C32H26N+. The van der Waals surface area contributed by atoms with Crippen molar-refractivity contribution < 1.29 is 4.90 Å². The second kappa shape index (κ2) is 8.20. The van der Waals surface area contributed by atoms with Gasteiger partial charge in [0.1, 0.15) is 17.1 Å². The highest BCUT2D eigenvalue weighted by atomic mass is 15.2. The first-order chi connectivity index (χ1) is 16.3. The minimum absolute atomic E-state index is 0.191. The predicted molar refractivity (Wildman–Crippen MR) is 138 cm³/mol. The molecule has 5 aromatic rings. The molecule has 158 valence electrons. The van der Waals surface area contributed by atoms with Crippen molar-refractivity contribution in [3.05, 3.63) is 150 Å². The molecule has 0 bridgehead atoms. The summed E-state index contributed by atoms with van der Waals surface area (Å²) < 4.78 is 0. The Kier molecular flexibility index (Phi) is 4.90. The Labute approximate surface area is 195 Å². The summed E-state index contributed by atoms with van der Waals surface area (Å²) in [4.78, 5) is 1.31. The van der Waals surface area contributed by atoms with Crippen molar-refractivity contribution in [1.29, 1.82) is 0 Å². The fourth-order valence-electron chi connectivity index (χ4n) is 5.14. The van der Waals surface area contributed by atoms with Crippen LogP contribution in [-0.2, 0) is 0 Å². The zero-order chi connectivity index (χ0) is 22.2. The second-order valence-electron chi connectivity index (χ2n) is 8.82. The van der Waals surface area contributed by atoms with Gasteiger partial charge in [-0.05, 0) is 47.5 Å². The van der Waals surface area contributed by atoms with E-state index in [0.717, 1.165) is 0 Å². The topological polar surface area (TPSA) is 4.44 Å². The van der Waals surface area contributed by atoms with Gasteiger partial charge in [-0.1, -0.05) is 90.5 Å². The molecule has 1 nitrogen and oxygen atoms in total. The average Bonchev–Trinajstić information content (AvgIpc) is 2.89. The van der Waals surface area contributed by atoms with Gasteiger partial charge < -0.3 is 0 Å². The van der Waals surface area contributed by atoms with Crippen molar-refractivity contribution >= 4 is 27.8 Å². The van der Waals surface area contributed by atoms with Gasteiger partial charge in [-0.25, -0.2) is 4.90 Å². The van der Waals surface area contributed by atoms with Gasteiger partial charge in [0.2, 0.25) is 0 Å². The molecule has 0 radical (unpaired) electrons. The molecule has 0 spiro atoms. The molecule has 0 aliphatic carbocycles. The van der Waals surface area contributed by atoms with Gasteiger partial charge in [-0.2, -0.15) is 0 Å². The van der Waals surface area contributed by atoms with Crippen LogP contribution in [0.25, 0.3) is 16.5 Å². The number of hydrogen-bond donors (Lipinski definition) is 1. The maximum Gasteiger partial charge on any atom is 0.146 e. The van der Waals surface area contributed by atoms with Crippen LogP contribution in [0.3, 0.4) is 0 Å². The lowest BCUT2D eigenvalue weighted by molar-refractivity contribution is -0.674. The molecule has 1 heteroatoms. The molecule has 33 heavy (non-hydrogen) atoms. The first-order valence-electron chi connectivity index (χ1n) is 11.6. The Morgan fingerprint density at radius 3 is 2.03 bits per heavy atom. The quantitative estimate of drug-likeness (QED) is 0.313. The molecule has 0 aromatic heterocycles. The van der Waals surface area contributed by atoms with Crippen LogP contribution < -0.4 is 4.90 Å². The van der Waals surface area contributed by atoms with E-state index in [4.69, 9.17) is 0 Å². The van der Waals surface area contributed by atoms with Crippen molar-refractivity contribution in [2.24, 2.45) is 0 Å². The van der Waals surface area contributed by atoms with E-state index in [1.54, 1.807) is 0 Å². The van der Waals surface area contributed by atoms with Crippen LogP contribution in [0.1, 0.15) is 28.2 Å². The summed E-state index contributed by atoms with van der Waals surface area (Å²) in [7, 11) is 0. The number of allylic oxidation sites excluding steroid dienone is 1. The maximum absolute atomic E-state index is 2.48. The van der Waals surface area contributed by atoms with E-state index in [1.165, 1.54) is 55.0 Å². The summed E-state index contributed by atoms with van der Waals surface area (Å²) in [6.45, 7) is 2.15. The van der Waals surface area contributed by atoms with E-state index in [9.17, 15) is 0 Å². The summed E-state index contributed by atoms with van der Waals surface area (Å²) >= 11 is 0. The summed E-state index contributed by atoms with van der Waals surface area (Å²) in [5, 5.41) is 2.62. The van der Waals surface area contributed by atoms with E-state index in [-0.39, 0.29) is 5.92 Å². The predicted octanol–water partition coefficient (Wildman–Crippen LogP) is 7.18. The van der Waals surface area contributed by atoms with Crippen LogP contribution in [0.4, 0.5) is 11.4 Å². The SMILES string of the molecule is Cc1ccc([NH+]2C(c3ccccc3)=CC(c3ccccc3)c3c2ccc2ccccc32)cc1. The summed E-state index contributed by atoms with van der Waals surface area (Å²) in [6.07, 6.45) is 2.48. The molecule has 0 fully saturated rings. The van der Waals surface area contributed by atoms with Crippen LogP contribution in [0.2, 0.25) is 0 Å². The largest absolute Gasteiger partial charge is 0.237 e. The molecule has 1 aliphatic heterocycles. The first-order valence-corrected chi connectivity index (χ1v) is 11.6. The van der Waals surface area contributed by atoms with Gasteiger partial charge >= 0.3 is 0 Å². The third kappa shape index (κ3) is 3.47. The van der Waals surface area contributed by atoms with Gasteiger partial charge in [0.25, 0.3) is 0 Å². The van der Waals surface area contributed by atoms with Crippen molar-refractivity contribution in [3.8, 4) is 0 Å². The van der Waals surface area contributed by atoms with E-state index in [1.807, 2.05) is 0 Å². The van der Waals surface area contributed by atoms with Crippen molar-refractivity contribution in [2.45, 2.75) is 12.8 Å². The molecule has 2 unspecified atom stereocenters. The zero-order valence-corrected chi connectivity index (χ0v) is 18.7. The highest BCUT2D eigenvalue weighted by Gasteiger charge is 2.35. The monoisotopic (exact) mass is 424 g/mol. The first kappa shape index (κ1) is 19.7. The van der Waals surface area contributed by atoms with Gasteiger partial charge in [0.15, 0.2) is 0 Å². The molecule has 6 rings (SSSR count). The van der Waals surface area contributed by atoms with Gasteiger partial charge in [-0.3, -0.25) is 0 Å². The van der Waals surface area contributed by atoms with Crippen LogP contribution in [-0.4, -0.2) is 0 Å². The fraction of sp³-hybridized carbons (Fsp3) is 0.0625. The maximum atomic E-state index is 2.48. The highest BCUT2D eigenvalue weighted by molar-refractivity contribution is 5.92. The smallest absolute Gasteiger partial charge is 0.146 e. The van der Waals surface area contributed by atoms with Crippen LogP contribution in [0.5, 0.6) is 0 Å². The molecule has 5 aromatic carbocycles. The molecule has 0 saturated heterocycles. The number of quaternary nitrogens is 1. The Balaban J connectivity index is 1.69. The van der Waals surface area contributed by atoms with E-state index >= 15 is 0 Å². The number of benzene rings is 5. The van der Waals surface area contributed by atoms with Gasteiger partial charge in [0.05, 0.1) is 0 Å². The van der Waals surface area contributed by atoms with Crippen LogP contribution in [0.15, 0.2) is 127 Å². The number of nitrogens with one attached hydrogen (secondary N) is 1. The van der Waals surface area contributed by atoms with E-state index < -0.39 is 0 Å². The second-order valence-corrected chi connectivity index (χ2v) is 8.82. The Morgan fingerprint density at radius 1 is 0.606 bits per heavy atom. The Morgan fingerprint density at radius 2 is 1.27 bits per heavy atom. The van der Waals surface area contributed by atoms with Crippen LogP contribution in [0, 0.1) is 6.92 Å². The highest BCUT2D eigenvalue weighted by Crippen LogP contribution is 2.41. The lowest BCUT2D eigenvalue weighted by atomic mass is 9.82. The summed E-state index contributed by atoms with van der Waals surface area (Å²) in [5.74, 6) is 0.191. The lowest BCUT2D eigenvalue weighted by Gasteiger charge is -2.32. The van der Waals surface area contributed by atoms with E-state index in [2.05, 4.69) is 134 Å². The molecule has 1 N–H and O–H groups in total. The minimum Gasteiger partial charge on any atom is -0.237 e. The zero-order valence-electron chi connectivity index (χ0n) is 18.7. The van der Waals surface area contributed by atoms with Gasteiger partial charge in [0, 0.05) is 35.2 Å². The fourth-order valence-corrected chi connectivity index (χ4v) is 5.14. The minimum atomic E-state index is 0.191. The third-order valence-electron chi connectivity index (χ3n) is 6.74. The standard InChI is InChI=1S/C32H25N/c1-23-16-19-27(20-17-23)33-30-21-18-25-12-8-9-15-28(25)32(30)29(24-10-4-2-5-11-24)22-31(33)26-13-6-3-7-14-26/h2-22,29H,1H3/p+1. The van der Waals surface area contributed by atoms with Gasteiger partial charge in [-0.15, -0.1) is 0 Å². The molecule has 0 amide bonds. The Hall–Kier alpha value is -3.94. The number of hydrogen-bond acceptors (Lipinski definition) is 0. The molecule has 0 saturated carbocycles. The van der Waals surface area contributed by atoms with Crippen molar-refractivity contribution in [3.63, 3.8) is 0 Å². The molecule has 2 atom stereocenters. The van der Waals surface area contributed by atoms with Crippen molar-refractivity contribution in [1.82, 2.24) is 0 Å². The Bertz CT molecular complexity index is 1450. The van der Waals surface area contributed by atoms with E-state index in [0.29, 0.717) is 0 Å². The molecule has 1 heterocycles. The number of aryl methyl sites for hydroxylation is 1. The molecule has 1 aliphatic rings.